The number of hydrogen-bond acceptors (Lipinski definition) is 4. The van der Waals surface area contributed by atoms with Crippen molar-refractivity contribution in [2.75, 3.05) is 25.5 Å². The van der Waals surface area contributed by atoms with Crippen molar-refractivity contribution >= 4 is 27.8 Å². The third-order valence-corrected chi connectivity index (χ3v) is 4.54. The molecule has 1 aliphatic heterocycles. The number of carbonyl (C=O) groups is 1. The number of hydrogen-bond donors (Lipinski definition) is 1. The zero-order valence-electron chi connectivity index (χ0n) is 12.7. The van der Waals surface area contributed by atoms with Gasteiger partial charge in [0, 0.05) is 23.8 Å². The third kappa shape index (κ3) is 3.79. The molecule has 0 spiro atoms. The van der Waals surface area contributed by atoms with Gasteiger partial charge < -0.3 is 9.64 Å². The predicted molar refractivity (Wildman–Crippen MR) is 90.5 cm³/mol. The molecule has 120 valence electrons. The summed E-state index contributed by atoms with van der Waals surface area (Å²) >= 11 is 3.56. The van der Waals surface area contributed by atoms with Gasteiger partial charge in [0.2, 0.25) is 0 Å². The van der Waals surface area contributed by atoms with Crippen molar-refractivity contribution in [1.82, 2.24) is 14.9 Å². The van der Waals surface area contributed by atoms with Crippen molar-refractivity contribution in [3.05, 3.63) is 46.6 Å². The molecule has 1 saturated heterocycles. The van der Waals surface area contributed by atoms with Crippen molar-refractivity contribution in [3.63, 3.8) is 0 Å². The van der Waals surface area contributed by atoms with Gasteiger partial charge in [-0.2, -0.15) is 4.98 Å². The van der Waals surface area contributed by atoms with E-state index < -0.39 is 0 Å². The van der Waals surface area contributed by atoms with Crippen LogP contribution in [0.4, 0.5) is 10.6 Å². The Hall–Kier alpha value is -2.15. The summed E-state index contributed by atoms with van der Waals surface area (Å²) in [5.74, 6) is 0.926. The van der Waals surface area contributed by atoms with Gasteiger partial charge in [0.1, 0.15) is 5.82 Å². The van der Waals surface area contributed by atoms with E-state index in [0.29, 0.717) is 11.7 Å². The van der Waals surface area contributed by atoms with Crippen LogP contribution in [0.1, 0.15) is 5.56 Å². The second-order valence-electron chi connectivity index (χ2n) is 5.43. The number of carbonyl (C=O) groups excluding carboxylic acids is 1. The first-order chi connectivity index (χ1) is 11.2. The number of rotatable bonds is 4. The maximum absolute atomic E-state index is 12.2. The number of nitrogens with one attached hydrogen (secondary N) is 1. The van der Waals surface area contributed by atoms with Crippen LogP contribution in [0.2, 0.25) is 0 Å². The van der Waals surface area contributed by atoms with Crippen LogP contribution in [0.15, 0.2) is 41.0 Å². The summed E-state index contributed by atoms with van der Waals surface area (Å²) < 4.78 is 6.06. The molecule has 23 heavy (non-hydrogen) atoms. The summed E-state index contributed by atoms with van der Waals surface area (Å²) in [5, 5.41) is 2.76. The fourth-order valence-electron chi connectivity index (χ4n) is 2.54. The lowest BCUT2D eigenvalue weighted by atomic mass is 9.92. The van der Waals surface area contributed by atoms with Gasteiger partial charge in [-0.15, -0.1) is 0 Å². The SMILES string of the molecule is COc1nccc(NC(=O)N2CC(Cc3ccccc3Br)C2)n1. The van der Waals surface area contributed by atoms with E-state index in [9.17, 15) is 4.79 Å². The van der Waals surface area contributed by atoms with Gasteiger partial charge in [0.25, 0.3) is 0 Å². The van der Waals surface area contributed by atoms with Crippen LogP contribution in [0, 0.1) is 5.92 Å². The lowest BCUT2D eigenvalue weighted by Gasteiger charge is -2.39. The van der Waals surface area contributed by atoms with E-state index in [4.69, 9.17) is 4.74 Å². The van der Waals surface area contributed by atoms with Crippen molar-refractivity contribution < 1.29 is 9.53 Å². The Balaban J connectivity index is 1.51. The molecule has 1 aliphatic rings. The molecular weight excluding hydrogens is 360 g/mol. The Morgan fingerprint density at radius 3 is 2.91 bits per heavy atom. The average Bonchev–Trinajstić information content (AvgIpc) is 2.52. The Bertz CT molecular complexity index is 704. The van der Waals surface area contributed by atoms with Crippen LogP contribution >= 0.6 is 15.9 Å². The summed E-state index contributed by atoms with van der Waals surface area (Å²) in [6.45, 7) is 1.49. The Morgan fingerprint density at radius 2 is 2.17 bits per heavy atom. The highest BCUT2D eigenvalue weighted by atomic mass is 79.9. The Morgan fingerprint density at radius 1 is 1.39 bits per heavy atom. The number of halogens is 1. The molecule has 1 aromatic heterocycles. The number of likely N-dealkylation sites (tertiary alicyclic amines) is 1. The van der Waals surface area contributed by atoms with E-state index in [2.05, 4.69) is 37.3 Å². The molecule has 7 heteroatoms. The molecule has 1 fully saturated rings. The average molecular weight is 377 g/mol. The maximum atomic E-state index is 12.2. The Labute approximate surface area is 143 Å². The Kier molecular flexibility index (Phi) is 4.76. The van der Waals surface area contributed by atoms with Gasteiger partial charge in [-0.3, -0.25) is 5.32 Å². The highest BCUT2D eigenvalue weighted by Gasteiger charge is 2.31. The molecule has 0 saturated carbocycles. The molecule has 1 N–H and O–H groups in total. The number of amides is 2. The molecule has 2 heterocycles. The summed E-state index contributed by atoms with van der Waals surface area (Å²) in [7, 11) is 1.49. The van der Waals surface area contributed by atoms with E-state index in [1.165, 1.54) is 12.7 Å². The fourth-order valence-corrected chi connectivity index (χ4v) is 2.98. The normalized spacial score (nSPS) is 14.3. The fraction of sp³-hybridized carbons (Fsp3) is 0.312. The topological polar surface area (TPSA) is 67.3 Å². The second kappa shape index (κ2) is 6.95. The minimum atomic E-state index is -0.144. The highest BCUT2D eigenvalue weighted by Crippen LogP contribution is 2.25. The van der Waals surface area contributed by atoms with E-state index in [0.717, 1.165) is 24.0 Å². The van der Waals surface area contributed by atoms with E-state index in [1.807, 2.05) is 18.2 Å². The number of nitrogens with zero attached hydrogens (tertiary/aromatic N) is 3. The zero-order chi connectivity index (χ0) is 16.2. The molecule has 1 aromatic carbocycles. The summed E-state index contributed by atoms with van der Waals surface area (Å²) in [6.07, 6.45) is 2.51. The van der Waals surface area contributed by atoms with Crippen molar-refractivity contribution in [3.8, 4) is 6.01 Å². The standard InChI is InChI=1S/C16H17BrN4O2/c1-23-15-18-7-6-14(19-15)20-16(22)21-9-11(10-21)8-12-4-2-3-5-13(12)17/h2-7,11H,8-10H2,1H3,(H,18,19,20,22). The molecule has 0 unspecified atom stereocenters. The highest BCUT2D eigenvalue weighted by molar-refractivity contribution is 9.10. The van der Waals surface area contributed by atoms with Crippen molar-refractivity contribution in [2.24, 2.45) is 5.92 Å². The third-order valence-electron chi connectivity index (χ3n) is 3.76. The molecular formula is C16H17BrN4O2. The molecule has 0 aliphatic carbocycles. The second-order valence-corrected chi connectivity index (χ2v) is 6.28. The van der Waals surface area contributed by atoms with Crippen LogP contribution in [0.25, 0.3) is 0 Å². The number of anilines is 1. The number of ether oxygens (including phenoxy) is 1. The molecule has 0 atom stereocenters. The van der Waals surface area contributed by atoms with Crippen molar-refractivity contribution in [1.29, 1.82) is 0 Å². The smallest absolute Gasteiger partial charge is 0.323 e. The van der Waals surface area contributed by atoms with Crippen LogP contribution in [0.5, 0.6) is 6.01 Å². The molecule has 2 amide bonds. The number of methoxy groups -OCH3 is 1. The molecule has 6 nitrogen and oxygen atoms in total. The lowest BCUT2D eigenvalue weighted by Crippen LogP contribution is -2.52. The zero-order valence-corrected chi connectivity index (χ0v) is 14.3. The van der Waals surface area contributed by atoms with Gasteiger partial charge in [-0.1, -0.05) is 34.1 Å². The number of benzene rings is 1. The van der Waals surface area contributed by atoms with Gasteiger partial charge in [0.15, 0.2) is 0 Å². The first-order valence-electron chi connectivity index (χ1n) is 7.32. The summed E-state index contributed by atoms with van der Waals surface area (Å²) in [4.78, 5) is 21.9. The monoisotopic (exact) mass is 376 g/mol. The van der Waals surface area contributed by atoms with Crippen LogP contribution in [-0.4, -0.2) is 41.1 Å². The molecule has 3 rings (SSSR count). The predicted octanol–water partition coefficient (Wildman–Crippen LogP) is 2.95. The van der Waals surface area contributed by atoms with E-state index in [-0.39, 0.29) is 12.0 Å². The van der Waals surface area contributed by atoms with Gasteiger partial charge in [0.05, 0.1) is 7.11 Å². The van der Waals surface area contributed by atoms with Crippen molar-refractivity contribution in [2.45, 2.75) is 6.42 Å². The largest absolute Gasteiger partial charge is 0.467 e. The van der Waals surface area contributed by atoms with Crippen LogP contribution in [-0.2, 0) is 6.42 Å². The van der Waals surface area contributed by atoms with Gasteiger partial charge in [-0.25, -0.2) is 9.78 Å². The number of urea groups is 1. The van der Waals surface area contributed by atoms with Crippen LogP contribution in [0.3, 0.4) is 0 Å². The maximum Gasteiger partial charge on any atom is 0.323 e. The van der Waals surface area contributed by atoms with Gasteiger partial charge >= 0.3 is 12.0 Å². The minimum Gasteiger partial charge on any atom is -0.467 e. The number of aromatic nitrogens is 2. The minimum absolute atomic E-state index is 0.144. The first kappa shape index (κ1) is 15.7. The summed E-state index contributed by atoms with van der Waals surface area (Å²) in [6, 6.07) is 9.92. The molecule has 0 radical (unpaired) electrons. The van der Waals surface area contributed by atoms with Crippen LogP contribution < -0.4 is 10.1 Å². The quantitative estimate of drug-likeness (QED) is 0.890. The lowest BCUT2D eigenvalue weighted by molar-refractivity contribution is 0.131. The molecule has 2 aromatic rings. The molecule has 0 bridgehead atoms. The van der Waals surface area contributed by atoms with E-state index in [1.54, 1.807) is 17.2 Å². The summed E-state index contributed by atoms with van der Waals surface area (Å²) in [5.41, 5.74) is 1.28. The van der Waals surface area contributed by atoms with E-state index >= 15 is 0 Å². The first-order valence-corrected chi connectivity index (χ1v) is 8.11. The van der Waals surface area contributed by atoms with Gasteiger partial charge in [-0.05, 0) is 30.0 Å².